The molecule has 0 aliphatic carbocycles. The third-order valence-electron chi connectivity index (χ3n) is 4.05. The van der Waals surface area contributed by atoms with Crippen molar-refractivity contribution in [2.45, 2.75) is 31.6 Å². The molecule has 2 heterocycles. The molecule has 2 N–H and O–H groups in total. The summed E-state index contributed by atoms with van der Waals surface area (Å²) < 4.78 is 42.3. The van der Waals surface area contributed by atoms with Gasteiger partial charge in [0.2, 0.25) is 22.7 Å². The summed E-state index contributed by atoms with van der Waals surface area (Å²) in [6, 6.07) is 5.63. The highest BCUT2D eigenvalue weighted by Gasteiger charge is 2.23. The Morgan fingerprint density at radius 1 is 1.19 bits per heavy atom. The van der Waals surface area contributed by atoms with Crippen LogP contribution in [0.3, 0.4) is 0 Å². The average molecular weight is 395 g/mol. The number of carbonyl (C=O) groups is 1. The fraction of sp³-hybridized carbons (Fsp3) is 0.412. The SMILES string of the molecule is Cc1noc(C)c1S(=O)(=O)NCCC(=O)NCCc1ccc2c(c1)OCO2. The van der Waals surface area contributed by atoms with Gasteiger partial charge in [0, 0.05) is 19.5 Å². The number of fused-ring (bicyclic) bond motifs is 1. The van der Waals surface area contributed by atoms with E-state index in [-0.39, 0.29) is 42.0 Å². The molecule has 1 aliphatic rings. The summed E-state index contributed by atoms with van der Waals surface area (Å²) in [5.74, 6) is 1.39. The van der Waals surface area contributed by atoms with Crippen LogP contribution in [-0.2, 0) is 21.2 Å². The smallest absolute Gasteiger partial charge is 0.245 e. The van der Waals surface area contributed by atoms with Crippen molar-refractivity contribution < 1.29 is 27.2 Å². The number of amides is 1. The number of nitrogens with one attached hydrogen (secondary N) is 2. The number of benzene rings is 1. The van der Waals surface area contributed by atoms with Crippen LogP contribution in [0, 0.1) is 13.8 Å². The quantitative estimate of drug-likeness (QED) is 0.685. The largest absolute Gasteiger partial charge is 0.454 e. The van der Waals surface area contributed by atoms with Crippen LogP contribution in [0.5, 0.6) is 11.5 Å². The van der Waals surface area contributed by atoms with Gasteiger partial charge >= 0.3 is 0 Å². The summed E-state index contributed by atoms with van der Waals surface area (Å²) in [4.78, 5) is 11.9. The van der Waals surface area contributed by atoms with E-state index < -0.39 is 10.0 Å². The number of ether oxygens (including phenoxy) is 2. The molecule has 2 aromatic rings. The molecule has 9 nitrogen and oxygen atoms in total. The van der Waals surface area contributed by atoms with Gasteiger partial charge in [0.1, 0.15) is 10.6 Å². The molecule has 1 aromatic heterocycles. The first kappa shape index (κ1) is 19.2. The molecule has 0 atom stereocenters. The second kappa shape index (κ2) is 7.97. The van der Waals surface area contributed by atoms with Crippen molar-refractivity contribution in [3.63, 3.8) is 0 Å². The number of hydrogen-bond acceptors (Lipinski definition) is 7. The van der Waals surface area contributed by atoms with E-state index in [9.17, 15) is 13.2 Å². The van der Waals surface area contributed by atoms with Crippen molar-refractivity contribution in [2.75, 3.05) is 19.9 Å². The molecule has 0 radical (unpaired) electrons. The maximum Gasteiger partial charge on any atom is 0.245 e. The van der Waals surface area contributed by atoms with Gasteiger partial charge in [-0.15, -0.1) is 0 Å². The molecule has 1 amide bonds. The second-order valence-corrected chi connectivity index (χ2v) is 7.79. The Labute approximate surface area is 157 Å². The van der Waals surface area contributed by atoms with Crippen molar-refractivity contribution in [2.24, 2.45) is 0 Å². The van der Waals surface area contributed by atoms with Gasteiger partial charge in [-0.25, -0.2) is 13.1 Å². The molecule has 0 saturated heterocycles. The number of hydrogen-bond donors (Lipinski definition) is 2. The molecule has 27 heavy (non-hydrogen) atoms. The summed E-state index contributed by atoms with van der Waals surface area (Å²) in [5, 5.41) is 6.39. The Bertz CT molecular complexity index is 919. The van der Waals surface area contributed by atoms with Crippen molar-refractivity contribution >= 4 is 15.9 Å². The van der Waals surface area contributed by atoms with Crippen LogP contribution in [-0.4, -0.2) is 39.4 Å². The topological polar surface area (TPSA) is 120 Å². The third-order valence-corrected chi connectivity index (χ3v) is 5.76. The first-order valence-electron chi connectivity index (χ1n) is 8.44. The summed E-state index contributed by atoms with van der Waals surface area (Å²) in [5.41, 5.74) is 1.30. The van der Waals surface area contributed by atoms with Crippen molar-refractivity contribution in [3.05, 3.63) is 35.2 Å². The zero-order valence-corrected chi connectivity index (χ0v) is 15.9. The van der Waals surface area contributed by atoms with Crippen molar-refractivity contribution in [1.82, 2.24) is 15.2 Å². The zero-order valence-electron chi connectivity index (χ0n) is 15.1. The fourth-order valence-corrected chi connectivity index (χ4v) is 4.12. The average Bonchev–Trinajstić information content (AvgIpc) is 3.20. The Morgan fingerprint density at radius 2 is 1.96 bits per heavy atom. The minimum absolute atomic E-state index is 0.0117. The predicted octanol–water partition coefficient (Wildman–Crippen LogP) is 1.05. The minimum Gasteiger partial charge on any atom is -0.454 e. The van der Waals surface area contributed by atoms with Crippen molar-refractivity contribution in [3.8, 4) is 11.5 Å². The van der Waals surface area contributed by atoms with Crippen LogP contribution < -0.4 is 19.5 Å². The summed E-state index contributed by atoms with van der Waals surface area (Å²) >= 11 is 0. The Kier molecular flexibility index (Phi) is 5.66. The molecule has 0 bridgehead atoms. The maximum absolute atomic E-state index is 12.2. The van der Waals surface area contributed by atoms with E-state index in [1.54, 1.807) is 6.92 Å². The number of aryl methyl sites for hydroxylation is 2. The van der Waals surface area contributed by atoms with Crippen LogP contribution in [0.2, 0.25) is 0 Å². The Hall–Kier alpha value is -2.59. The van der Waals surface area contributed by atoms with Gasteiger partial charge in [-0.05, 0) is 38.0 Å². The standard InChI is InChI=1S/C17H21N3O6S/c1-11-17(12(2)26-20-11)27(22,23)19-8-6-16(21)18-7-5-13-3-4-14-15(9-13)25-10-24-14/h3-4,9,19H,5-8,10H2,1-2H3,(H,18,21). The fourth-order valence-electron chi connectivity index (χ4n) is 2.76. The minimum atomic E-state index is -3.76. The first-order chi connectivity index (χ1) is 12.9. The van der Waals surface area contributed by atoms with Gasteiger partial charge < -0.3 is 19.3 Å². The van der Waals surface area contributed by atoms with E-state index in [2.05, 4.69) is 15.2 Å². The van der Waals surface area contributed by atoms with Crippen molar-refractivity contribution in [1.29, 1.82) is 0 Å². The molecule has 0 fully saturated rings. The molecule has 10 heteroatoms. The number of aromatic nitrogens is 1. The molecule has 0 spiro atoms. The lowest BCUT2D eigenvalue weighted by atomic mass is 10.1. The summed E-state index contributed by atoms with van der Waals surface area (Å²) in [6.07, 6.45) is 0.664. The third kappa shape index (κ3) is 4.58. The number of sulfonamides is 1. The molecular formula is C17H21N3O6S. The van der Waals surface area contributed by atoms with E-state index in [0.717, 1.165) is 5.56 Å². The Morgan fingerprint density at radius 3 is 2.70 bits per heavy atom. The van der Waals surface area contributed by atoms with E-state index in [0.29, 0.717) is 24.5 Å². The highest BCUT2D eigenvalue weighted by molar-refractivity contribution is 7.89. The van der Waals surface area contributed by atoms with Crippen LogP contribution in [0.1, 0.15) is 23.4 Å². The lowest BCUT2D eigenvalue weighted by Crippen LogP contribution is -2.32. The van der Waals surface area contributed by atoms with Gasteiger partial charge in [0.05, 0.1) is 0 Å². The van der Waals surface area contributed by atoms with Gasteiger partial charge in [0.25, 0.3) is 0 Å². The molecular weight excluding hydrogens is 374 g/mol. The normalized spacial score (nSPS) is 13.0. The number of nitrogens with zero attached hydrogens (tertiary/aromatic N) is 1. The lowest BCUT2D eigenvalue weighted by molar-refractivity contribution is -0.120. The van der Waals surface area contributed by atoms with Crippen LogP contribution in [0.25, 0.3) is 0 Å². The number of carbonyl (C=O) groups excluding carboxylic acids is 1. The predicted molar refractivity (Wildman–Crippen MR) is 95.1 cm³/mol. The zero-order chi connectivity index (χ0) is 19.4. The Balaban J connectivity index is 1.41. The summed E-state index contributed by atoms with van der Waals surface area (Å²) in [7, 11) is -3.76. The highest BCUT2D eigenvalue weighted by Crippen LogP contribution is 2.32. The van der Waals surface area contributed by atoms with Gasteiger partial charge in [-0.3, -0.25) is 4.79 Å². The first-order valence-corrected chi connectivity index (χ1v) is 9.93. The monoisotopic (exact) mass is 395 g/mol. The van der Waals surface area contributed by atoms with Crippen LogP contribution in [0.15, 0.2) is 27.6 Å². The van der Waals surface area contributed by atoms with Gasteiger partial charge in [0.15, 0.2) is 17.3 Å². The maximum atomic E-state index is 12.2. The molecule has 1 aliphatic heterocycles. The van der Waals surface area contributed by atoms with Gasteiger partial charge in [-0.1, -0.05) is 11.2 Å². The molecule has 146 valence electrons. The number of rotatable bonds is 8. The van der Waals surface area contributed by atoms with E-state index in [4.69, 9.17) is 14.0 Å². The van der Waals surface area contributed by atoms with E-state index in [1.807, 2.05) is 18.2 Å². The van der Waals surface area contributed by atoms with E-state index >= 15 is 0 Å². The second-order valence-electron chi connectivity index (χ2n) is 6.09. The highest BCUT2D eigenvalue weighted by atomic mass is 32.2. The van der Waals surface area contributed by atoms with Crippen LogP contribution in [0.4, 0.5) is 0 Å². The summed E-state index contributed by atoms with van der Waals surface area (Å²) in [6.45, 7) is 3.72. The molecule has 0 unspecified atom stereocenters. The van der Waals surface area contributed by atoms with Crippen LogP contribution >= 0.6 is 0 Å². The van der Waals surface area contributed by atoms with Gasteiger partial charge in [-0.2, -0.15) is 0 Å². The van der Waals surface area contributed by atoms with E-state index in [1.165, 1.54) is 6.92 Å². The molecule has 0 saturated carbocycles. The molecule has 1 aromatic carbocycles. The molecule has 3 rings (SSSR count). The lowest BCUT2D eigenvalue weighted by Gasteiger charge is -2.08.